The van der Waals surface area contributed by atoms with E-state index in [0.29, 0.717) is 23.0 Å². The molecule has 2 N–H and O–H groups in total. The van der Waals surface area contributed by atoms with Crippen LogP contribution in [0.15, 0.2) is 38.7 Å². The highest BCUT2D eigenvalue weighted by Crippen LogP contribution is 2.21. The van der Waals surface area contributed by atoms with Crippen molar-refractivity contribution < 1.29 is 4.79 Å². The summed E-state index contributed by atoms with van der Waals surface area (Å²) in [7, 11) is 0. The van der Waals surface area contributed by atoms with Crippen LogP contribution in [0.5, 0.6) is 0 Å². The second-order valence-electron chi connectivity index (χ2n) is 4.91. The van der Waals surface area contributed by atoms with Crippen LogP contribution >= 0.6 is 27.7 Å². The van der Waals surface area contributed by atoms with E-state index in [-0.39, 0.29) is 11.5 Å². The van der Waals surface area contributed by atoms with E-state index in [1.165, 1.54) is 0 Å². The fraction of sp³-hybridized carbons (Fsp3) is 0.250. The Bertz CT molecular complexity index is 843. The van der Waals surface area contributed by atoms with Crippen LogP contribution in [0.2, 0.25) is 0 Å². The molecule has 1 unspecified atom stereocenters. The first-order valence-electron chi connectivity index (χ1n) is 7.21. The van der Waals surface area contributed by atoms with Crippen molar-refractivity contribution in [2.45, 2.75) is 30.7 Å². The van der Waals surface area contributed by atoms with Crippen LogP contribution in [-0.4, -0.2) is 21.1 Å². The topological polar surface area (TPSA) is 98.6 Å². The van der Waals surface area contributed by atoms with E-state index in [1.54, 1.807) is 19.1 Å². The number of amides is 1. The van der Waals surface area contributed by atoms with Gasteiger partial charge in [-0.1, -0.05) is 34.6 Å². The molecule has 0 bridgehead atoms. The molecule has 0 spiro atoms. The molecule has 0 aliphatic carbocycles. The van der Waals surface area contributed by atoms with Crippen LogP contribution in [0.25, 0.3) is 0 Å². The number of rotatable bonds is 5. The molecule has 0 fully saturated rings. The van der Waals surface area contributed by atoms with Crippen LogP contribution in [0.1, 0.15) is 25.1 Å². The Balaban J connectivity index is 2.11. The van der Waals surface area contributed by atoms with Crippen molar-refractivity contribution in [3.8, 4) is 6.07 Å². The van der Waals surface area contributed by atoms with Crippen LogP contribution in [-0.2, 0) is 11.2 Å². The summed E-state index contributed by atoms with van der Waals surface area (Å²) in [6.45, 7) is 3.55. The average molecular weight is 407 g/mol. The molecule has 1 aromatic heterocycles. The number of anilines is 1. The zero-order valence-corrected chi connectivity index (χ0v) is 15.5. The Morgan fingerprint density at radius 2 is 2.12 bits per heavy atom. The summed E-state index contributed by atoms with van der Waals surface area (Å²) in [5.41, 5.74) is 0.664. The van der Waals surface area contributed by atoms with E-state index < -0.39 is 10.8 Å². The summed E-state index contributed by atoms with van der Waals surface area (Å²) >= 11 is 4.47. The van der Waals surface area contributed by atoms with Crippen molar-refractivity contribution >= 4 is 39.3 Å². The van der Waals surface area contributed by atoms with Gasteiger partial charge in [0.25, 0.3) is 5.56 Å². The number of carbonyl (C=O) groups is 1. The molecule has 1 amide bonds. The molecule has 0 saturated carbocycles. The van der Waals surface area contributed by atoms with Gasteiger partial charge in [-0.3, -0.25) is 9.59 Å². The highest BCUT2D eigenvalue weighted by atomic mass is 79.9. The molecule has 0 aliphatic rings. The van der Waals surface area contributed by atoms with Gasteiger partial charge in [0.05, 0.1) is 10.9 Å². The predicted molar refractivity (Wildman–Crippen MR) is 97.0 cm³/mol. The quantitative estimate of drug-likeness (QED) is 0.586. The predicted octanol–water partition coefficient (Wildman–Crippen LogP) is 3.09. The minimum Gasteiger partial charge on any atom is -0.325 e. The molecule has 1 heterocycles. The van der Waals surface area contributed by atoms with Crippen molar-refractivity contribution in [2.24, 2.45) is 0 Å². The Labute approximate surface area is 151 Å². The van der Waals surface area contributed by atoms with Crippen molar-refractivity contribution in [2.75, 3.05) is 5.32 Å². The first-order valence-corrected chi connectivity index (χ1v) is 8.88. The maximum Gasteiger partial charge on any atom is 0.269 e. The van der Waals surface area contributed by atoms with Gasteiger partial charge in [-0.2, -0.15) is 5.26 Å². The lowest BCUT2D eigenvalue weighted by atomic mass is 10.2. The van der Waals surface area contributed by atoms with Gasteiger partial charge < -0.3 is 10.3 Å². The number of H-pyrrole nitrogens is 1. The normalized spacial score (nSPS) is 11.6. The fourth-order valence-electron chi connectivity index (χ4n) is 1.92. The van der Waals surface area contributed by atoms with Crippen LogP contribution in [0, 0.1) is 11.3 Å². The standard InChI is InChI=1S/C16H15BrN4O2S/c1-3-13-12(8-18)15(23)21-16(20-13)24-9(2)14(22)19-11-6-4-10(17)5-7-11/h4-7,9H,3H2,1-2H3,(H,19,22)(H,20,21,23). The number of halogens is 1. The number of thioether (sulfide) groups is 1. The first kappa shape index (κ1) is 18.2. The lowest BCUT2D eigenvalue weighted by molar-refractivity contribution is -0.115. The number of carbonyl (C=O) groups excluding carboxylic acids is 1. The van der Waals surface area contributed by atoms with Crippen LogP contribution in [0.4, 0.5) is 5.69 Å². The summed E-state index contributed by atoms with van der Waals surface area (Å²) in [5, 5.41) is 11.7. The Kier molecular flexibility index (Phi) is 6.17. The Morgan fingerprint density at radius 3 is 2.71 bits per heavy atom. The van der Waals surface area contributed by atoms with Crippen molar-refractivity contribution in [1.29, 1.82) is 5.26 Å². The molecule has 24 heavy (non-hydrogen) atoms. The van der Waals surface area contributed by atoms with Crippen LogP contribution in [0.3, 0.4) is 0 Å². The number of aromatic amines is 1. The van der Waals surface area contributed by atoms with Gasteiger partial charge in [-0.25, -0.2) is 4.98 Å². The maximum atomic E-state index is 12.2. The van der Waals surface area contributed by atoms with E-state index in [4.69, 9.17) is 5.26 Å². The number of nitrogens with zero attached hydrogens (tertiary/aromatic N) is 2. The molecule has 0 radical (unpaired) electrons. The number of aryl methyl sites for hydroxylation is 1. The van der Waals surface area contributed by atoms with E-state index in [2.05, 4.69) is 31.2 Å². The fourth-order valence-corrected chi connectivity index (χ4v) is 3.00. The van der Waals surface area contributed by atoms with E-state index in [9.17, 15) is 9.59 Å². The third-order valence-corrected chi connectivity index (χ3v) is 4.70. The van der Waals surface area contributed by atoms with Crippen molar-refractivity contribution in [1.82, 2.24) is 9.97 Å². The van der Waals surface area contributed by atoms with Crippen molar-refractivity contribution in [3.05, 3.63) is 50.3 Å². The minimum absolute atomic E-state index is 0.0221. The number of nitrogens with one attached hydrogen (secondary N) is 2. The summed E-state index contributed by atoms with van der Waals surface area (Å²) in [6, 6.07) is 9.10. The number of nitriles is 1. The molecule has 2 rings (SSSR count). The number of hydrogen-bond acceptors (Lipinski definition) is 5. The lowest BCUT2D eigenvalue weighted by Gasteiger charge is -2.12. The third-order valence-electron chi connectivity index (χ3n) is 3.19. The summed E-state index contributed by atoms with van der Waals surface area (Å²) in [4.78, 5) is 30.9. The van der Waals surface area contributed by atoms with E-state index in [1.807, 2.05) is 25.1 Å². The second kappa shape index (κ2) is 8.13. The monoisotopic (exact) mass is 406 g/mol. The van der Waals surface area contributed by atoms with Gasteiger partial charge in [-0.15, -0.1) is 0 Å². The molecule has 0 aliphatic heterocycles. The molecule has 6 nitrogen and oxygen atoms in total. The molecular weight excluding hydrogens is 392 g/mol. The van der Waals surface area contributed by atoms with Crippen LogP contribution < -0.4 is 10.9 Å². The SMILES string of the molecule is CCc1nc(SC(C)C(=O)Nc2ccc(Br)cc2)[nH]c(=O)c1C#N. The van der Waals surface area contributed by atoms with Gasteiger partial charge in [0, 0.05) is 10.2 Å². The molecule has 1 atom stereocenters. The summed E-state index contributed by atoms with van der Waals surface area (Å²) in [6.07, 6.45) is 0.472. The molecule has 0 saturated heterocycles. The van der Waals surface area contributed by atoms with Gasteiger partial charge in [-0.05, 0) is 37.6 Å². The van der Waals surface area contributed by atoms with Crippen molar-refractivity contribution in [3.63, 3.8) is 0 Å². The molecular formula is C16H15BrN4O2S. The van der Waals surface area contributed by atoms with Gasteiger partial charge in [0.1, 0.15) is 11.6 Å². The third kappa shape index (κ3) is 4.46. The number of aromatic nitrogens is 2. The van der Waals surface area contributed by atoms with Gasteiger partial charge in [0.2, 0.25) is 5.91 Å². The molecule has 124 valence electrons. The maximum absolute atomic E-state index is 12.2. The smallest absolute Gasteiger partial charge is 0.269 e. The highest BCUT2D eigenvalue weighted by molar-refractivity contribution is 9.10. The summed E-state index contributed by atoms with van der Waals surface area (Å²) < 4.78 is 0.925. The molecule has 2 aromatic rings. The average Bonchev–Trinajstić information content (AvgIpc) is 2.56. The molecule has 1 aromatic carbocycles. The minimum atomic E-state index is -0.479. The Hall–Kier alpha value is -2.11. The zero-order chi connectivity index (χ0) is 17.7. The zero-order valence-electron chi connectivity index (χ0n) is 13.1. The largest absolute Gasteiger partial charge is 0.325 e. The van der Waals surface area contributed by atoms with Gasteiger partial charge >= 0.3 is 0 Å². The second-order valence-corrected chi connectivity index (χ2v) is 7.16. The number of benzene rings is 1. The first-order chi connectivity index (χ1) is 11.4. The highest BCUT2D eigenvalue weighted by Gasteiger charge is 2.18. The number of hydrogen-bond donors (Lipinski definition) is 2. The summed E-state index contributed by atoms with van der Waals surface area (Å²) in [5.74, 6) is -0.202. The molecule has 8 heteroatoms. The van der Waals surface area contributed by atoms with Gasteiger partial charge in [0.15, 0.2) is 5.16 Å². The van der Waals surface area contributed by atoms with E-state index >= 15 is 0 Å². The Morgan fingerprint density at radius 1 is 1.46 bits per heavy atom. The van der Waals surface area contributed by atoms with E-state index in [0.717, 1.165) is 16.2 Å². The lowest BCUT2D eigenvalue weighted by Crippen LogP contribution is -2.24.